The minimum Gasteiger partial charge on any atom is -0.507 e. The van der Waals surface area contributed by atoms with Gasteiger partial charge in [-0.15, -0.1) is 0 Å². The summed E-state index contributed by atoms with van der Waals surface area (Å²) in [5.74, 6) is -1.38. The fraction of sp³-hybridized carbons (Fsp3) is 0.261. The molecule has 2 heterocycles. The number of nitrogens with zero attached hydrogens (tertiary/aromatic N) is 1. The highest BCUT2D eigenvalue weighted by Gasteiger charge is 2.46. The summed E-state index contributed by atoms with van der Waals surface area (Å²) in [5.41, 5.74) is 0.467. The van der Waals surface area contributed by atoms with Crippen LogP contribution in [-0.4, -0.2) is 66.4 Å². The monoisotopic (exact) mass is 440 g/mol. The van der Waals surface area contributed by atoms with Gasteiger partial charge in [0.1, 0.15) is 42.8 Å². The molecule has 9 nitrogen and oxygen atoms in total. The number of nitrogens with one attached hydrogen (secondary N) is 1. The molecular formula is C23H24N2O7. The van der Waals surface area contributed by atoms with Crippen LogP contribution in [0.15, 0.2) is 65.9 Å². The average molecular weight is 440 g/mol. The van der Waals surface area contributed by atoms with Crippen molar-refractivity contribution in [2.24, 2.45) is 5.16 Å². The largest absolute Gasteiger partial charge is 0.507 e. The van der Waals surface area contributed by atoms with Crippen molar-refractivity contribution in [3.63, 3.8) is 0 Å². The summed E-state index contributed by atoms with van der Waals surface area (Å²) in [4.78, 5) is 29.0. The first kappa shape index (κ1) is 23.0. The number of aromatic hydroxyl groups is 1. The van der Waals surface area contributed by atoms with E-state index in [9.17, 15) is 19.8 Å². The van der Waals surface area contributed by atoms with Gasteiger partial charge >= 0.3 is 5.97 Å². The van der Waals surface area contributed by atoms with Crippen molar-refractivity contribution < 1.29 is 34.1 Å². The van der Waals surface area contributed by atoms with Crippen LogP contribution in [0.3, 0.4) is 0 Å². The number of phenolic OH excluding ortho intramolecular Hbond substituents is 1. The van der Waals surface area contributed by atoms with Gasteiger partial charge in [0.05, 0.1) is 6.21 Å². The number of aliphatic hydroxyl groups is 1. The highest BCUT2D eigenvalue weighted by molar-refractivity contribution is 5.96. The highest BCUT2D eigenvalue weighted by atomic mass is 16.6. The van der Waals surface area contributed by atoms with Crippen molar-refractivity contribution in [2.75, 3.05) is 13.7 Å². The number of esters is 1. The summed E-state index contributed by atoms with van der Waals surface area (Å²) < 4.78 is 11.0. The van der Waals surface area contributed by atoms with Crippen LogP contribution in [-0.2, 0) is 19.1 Å². The number of carbonyl (C=O) groups excluding carboxylic acids is 2. The maximum Gasteiger partial charge on any atom is 0.343 e. The Hall–Kier alpha value is -3.69. The van der Waals surface area contributed by atoms with Crippen LogP contribution in [0.4, 0.5) is 0 Å². The van der Waals surface area contributed by atoms with E-state index in [0.717, 1.165) is 0 Å². The third kappa shape index (κ3) is 6.16. The first-order valence-corrected chi connectivity index (χ1v) is 9.90. The number of phenols is 1. The molecule has 3 rings (SSSR count). The number of aliphatic hydroxyl groups excluding tert-OH is 1. The summed E-state index contributed by atoms with van der Waals surface area (Å²) in [7, 11) is 1.39. The quantitative estimate of drug-likeness (QED) is 0.153. The van der Waals surface area contributed by atoms with Crippen LogP contribution in [0.5, 0.6) is 5.75 Å². The van der Waals surface area contributed by atoms with E-state index < -0.39 is 24.3 Å². The molecule has 4 atom stereocenters. The predicted octanol–water partition coefficient (Wildman–Crippen LogP) is 1.49. The van der Waals surface area contributed by atoms with E-state index in [-0.39, 0.29) is 29.9 Å². The van der Waals surface area contributed by atoms with Gasteiger partial charge in [0.25, 0.3) is 0 Å². The molecule has 1 amide bonds. The number of fused-ring (bicyclic) bond motifs is 2. The minimum atomic E-state index is -1.14. The average Bonchev–Trinajstić information content (AvgIpc) is 3.54. The van der Waals surface area contributed by atoms with Crippen LogP contribution in [0.25, 0.3) is 6.08 Å². The lowest BCUT2D eigenvalue weighted by molar-refractivity contribution is -0.116. The van der Waals surface area contributed by atoms with Gasteiger partial charge in [0.15, 0.2) is 0 Å². The normalized spacial score (nSPS) is 27.1. The number of hydrogen-bond donors (Lipinski definition) is 3. The molecule has 1 aromatic carbocycles. The van der Waals surface area contributed by atoms with Crippen molar-refractivity contribution in [3.05, 3.63) is 71.9 Å². The predicted molar refractivity (Wildman–Crippen MR) is 117 cm³/mol. The molecule has 3 N–H and O–H groups in total. The SMILES string of the molecule is CO/N=C\C=C/C(=O)NC/C=C/[C@@H]1OC(=O)c2c(O)cccc2/C=C\C=C/[C@H]2O[C@H]2[C@@H]1O. The Morgan fingerprint density at radius 1 is 1.34 bits per heavy atom. The number of amides is 1. The first-order valence-electron chi connectivity index (χ1n) is 9.90. The molecule has 32 heavy (non-hydrogen) atoms. The molecule has 9 heteroatoms. The van der Waals surface area contributed by atoms with Gasteiger partial charge < -0.3 is 29.8 Å². The Morgan fingerprint density at radius 2 is 2.19 bits per heavy atom. The van der Waals surface area contributed by atoms with Crippen molar-refractivity contribution >= 4 is 24.2 Å². The van der Waals surface area contributed by atoms with E-state index in [4.69, 9.17) is 9.47 Å². The van der Waals surface area contributed by atoms with Gasteiger partial charge in [0.2, 0.25) is 5.91 Å². The number of epoxide rings is 1. The fourth-order valence-corrected chi connectivity index (χ4v) is 3.06. The van der Waals surface area contributed by atoms with E-state index in [1.807, 2.05) is 0 Å². The Kier molecular flexibility index (Phi) is 7.96. The van der Waals surface area contributed by atoms with E-state index in [2.05, 4.69) is 15.3 Å². The lowest BCUT2D eigenvalue weighted by Gasteiger charge is -2.20. The summed E-state index contributed by atoms with van der Waals surface area (Å²) in [6.07, 6.45) is 10.9. The Bertz CT molecular complexity index is 981. The summed E-state index contributed by atoms with van der Waals surface area (Å²) >= 11 is 0. The maximum absolute atomic E-state index is 12.8. The Morgan fingerprint density at radius 3 is 3.00 bits per heavy atom. The lowest BCUT2D eigenvalue weighted by atomic mass is 10.0. The van der Waals surface area contributed by atoms with Crippen LogP contribution >= 0.6 is 0 Å². The molecule has 2 aliphatic heterocycles. The molecule has 0 aromatic heterocycles. The molecule has 0 saturated carbocycles. The number of cyclic esters (lactones) is 1. The number of allylic oxidation sites excluding steroid dienone is 3. The van der Waals surface area contributed by atoms with Gasteiger partial charge in [-0.1, -0.05) is 47.7 Å². The molecule has 1 aromatic rings. The molecule has 0 bridgehead atoms. The summed E-state index contributed by atoms with van der Waals surface area (Å²) in [6, 6.07) is 4.67. The zero-order valence-electron chi connectivity index (χ0n) is 17.3. The van der Waals surface area contributed by atoms with E-state index in [0.29, 0.717) is 5.56 Å². The van der Waals surface area contributed by atoms with E-state index >= 15 is 0 Å². The van der Waals surface area contributed by atoms with E-state index in [1.165, 1.54) is 37.6 Å². The molecule has 1 fully saturated rings. The molecule has 1 saturated heterocycles. The number of rotatable bonds is 6. The van der Waals surface area contributed by atoms with Crippen LogP contribution in [0.1, 0.15) is 15.9 Å². The molecular weight excluding hydrogens is 416 g/mol. The van der Waals surface area contributed by atoms with Crippen LogP contribution in [0.2, 0.25) is 0 Å². The number of hydrogen-bond acceptors (Lipinski definition) is 8. The minimum absolute atomic E-state index is 0.00671. The second kappa shape index (κ2) is 11.1. The topological polar surface area (TPSA) is 130 Å². The number of benzene rings is 1. The van der Waals surface area contributed by atoms with Crippen molar-refractivity contribution in [1.82, 2.24) is 5.32 Å². The zero-order chi connectivity index (χ0) is 22.9. The van der Waals surface area contributed by atoms with Crippen LogP contribution < -0.4 is 5.32 Å². The van der Waals surface area contributed by atoms with Crippen molar-refractivity contribution in [3.8, 4) is 5.75 Å². The standard InChI is InChI=1S/C23H24N2O7/c1-30-25-14-6-12-19(27)24-13-5-11-17-21(28)22-18(31-22)10-3-2-7-15-8-4-9-16(26)20(15)23(29)32-17/h2-12,14,17-18,21-22,26,28H,13H2,1H3,(H,24,27)/b7-2-,10-3-,11-5+,12-6-,25-14-/t17-,18+,21+,22+/m0/s1. The van der Waals surface area contributed by atoms with Gasteiger partial charge in [-0.05, 0) is 23.8 Å². The fourth-order valence-electron chi connectivity index (χ4n) is 3.06. The second-order valence-electron chi connectivity index (χ2n) is 6.88. The number of carbonyl (C=O) groups is 2. The molecule has 0 radical (unpaired) electrons. The van der Waals surface area contributed by atoms with Gasteiger partial charge in [-0.2, -0.15) is 0 Å². The Labute approximate surface area is 185 Å². The zero-order valence-corrected chi connectivity index (χ0v) is 17.3. The lowest BCUT2D eigenvalue weighted by Crippen LogP contribution is -2.35. The van der Waals surface area contributed by atoms with Gasteiger partial charge in [-0.3, -0.25) is 4.79 Å². The maximum atomic E-state index is 12.8. The third-order valence-corrected chi connectivity index (χ3v) is 4.66. The third-order valence-electron chi connectivity index (χ3n) is 4.66. The Balaban J connectivity index is 1.73. The second-order valence-corrected chi connectivity index (χ2v) is 6.88. The first-order chi connectivity index (χ1) is 15.5. The number of oxime groups is 1. The van der Waals surface area contributed by atoms with Crippen molar-refractivity contribution in [1.29, 1.82) is 0 Å². The molecule has 0 spiro atoms. The molecule has 168 valence electrons. The molecule has 0 unspecified atom stereocenters. The molecule has 0 aliphatic carbocycles. The smallest absolute Gasteiger partial charge is 0.343 e. The van der Waals surface area contributed by atoms with Gasteiger partial charge in [0, 0.05) is 12.6 Å². The van der Waals surface area contributed by atoms with Crippen molar-refractivity contribution in [2.45, 2.75) is 24.4 Å². The highest BCUT2D eigenvalue weighted by Crippen LogP contribution is 2.31. The van der Waals surface area contributed by atoms with E-state index in [1.54, 1.807) is 42.5 Å². The number of ether oxygens (including phenoxy) is 2. The summed E-state index contributed by atoms with van der Waals surface area (Å²) in [5, 5.41) is 27.0. The molecule has 2 aliphatic rings. The van der Waals surface area contributed by atoms with Crippen LogP contribution in [0, 0.1) is 0 Å². The summed E-state index contributed by atoms with van der Waals surface area (Å²) in [6.45, 7) is 0.130. The van der Waals surface area contributed by atoms with Gasteiger partial charge in [-0.25, -0.2) is 4.79 Å².